The fourth-order valence-corrected chi connectivity index (χ4v) is 1.01. The highest BCUT2D eigenvalue weighted by atomic mass is 16.5. The molecule has 0 spiro atoms. The van der Waals surface area contributed by atoms with E-state index in [-0.39, 0.29) is 6.54 Å². The number of aryl methyl sites for hydroxylation is 2. The third-order valence-corrected chi connectivity index (χ3v) is 1.98. The number of carbonyl (C=O) groups is 2. The van der Waals surface area contributed by atoms with Crippen LogP contribution >= 0.6 is 0 Å². The van der Waals surface area contributed by atoms with E-state index in [2.05, 4.69) is 20.5 Å². The standard InChI is InChI=1S/C9H14N4O3/c1-6-4-7(12-13(6)2)11-9(15)10-5-8(14)16-3/h4H,5H2,1-3H3,(H2,10,11,12,15). The Kier molecular flexibility index (Phi) is 3.87. The summed E-state index contributed by atoms with van der Waals surface area (Å²) in [6.07, 6.45) is 0. The number of esters is 1. The molecule has 0 aliphatic rings. The van der Waals surface area contributed by atoms with Crippen molar-refractivity contribution in [3.05, 3.63) is 11.8 Å². The number of nitrogens with zero attached hydrogens (tertiary/aromatic N) is 2. The summed E-state index contributed by atoms with van der Waals surface area (Å²) in [7, 11) is 3.02. The molecule has 0 bridgehead atoms. The second-order valence-electron chi connectivity index (χ2n) is 3.18. The average Bonchev–Trinajstić information content (AvgIpc) is 2.54. The molecule has 2 N–H and O–H groups in total. The Bertz CT molecular complexity index is 380. The molecular weight excluding hydrogens is 212 g/mol. The van der Waals surface area contributed by atoms with Gasteiger partial charge in [0.25, 0.3) is 0 Å². The van der Waals surface area contributed by atoms with Gasteiger partial charge in [-0.3, -0.25) is 14.8 Å². The fraction of sp³-hybridized carbons (Fsp3) is 0.444. The van der Waals surface area contributed by atoms with Crippen LogP contribution in [0.25, 0.3) is 0 Å². The van der Waals surface area contributed by atoms with Gasteiger partial charge in [0.05, 0.1) is 7.11 Å². The van der Waals surface area contributed by atoms with Gasteiger partial charge in [0, 0.05) is 18.8 Å². The molecule has 2 amide bonds. The number of anilines is 1. The van der Waals surface area contributed by atoms with Crippen molar-refractivity contribution >= 4 is 17.8 Å². The first kappa shape index (κ1) is 12.0. The average molecular weight is 226 g/mol. The molecule has 0 aromatic carbocycles. The molecular formula is C9H14N4O3. The van der Waals surface area contributed by atoms with E-state index in [9.17, 15) is 9.59 Å². The number of hydrogen-bond acceptors (Lipinski definition) is 4. The molecule has 0 saturated carbocycles. The van der Waals surface area contributed by atoms with Gasteiger partial charge in [-0.05, 0) is 6.92 Å². The Balaban J connectivity index is 2.42. The van der Waals surface area contributed by atoms with E-state index in [0.717, 1.165) is 5.69 Å². The number of aromatic nitrogens is 2. The van der Waals surface area contributed by atoms with Crippen molar-refractivity contribution in [3.8, 4) is 0 Å². The van der Waals surface area contributed by atoms with Gasteiger partial charge >= 0.3 is 12.0 Å². The van der Waals surface area contributed by atoms with Crippen LogP contribution in [-0.4, -0.2) is 35.4 Å². The quantitative estimate of drug-likeness (QED) is 0.712. The van der Waals surface area contributed by atoms with E-state index >= 15 is 0 Å². The molecule has 1 aromatic heterocycles. The molecule has 88 valence electrons. The third-order valence-electron chi connectivity index (χ3n) is 1.98. The SMILES string of the molecule is COC(=O)CNC(=O)Nc1cc(C)n(C)n1. The monoisotopic (exact) mass is 226 g/mol. The number of methoxy groups -OCH3 is 1. The van der Waals surface area contributed by atoms with Gasteiger partial charge < -0.3 is 10.1 Å². The van der Waals surface area contributed by atoms with Gasteiger partial charge in [0.2, 0.25) is 0 Å². The second kappa shape index (κ2) is 5.15. The predicted molar refractivity (Wildman–Crippen MR) is 57.0 cm³/mol. The van der Waals surface area contributed by atoms with Crippen LogP contribution in [-0.2, 0) is 16.6 Å². The Morgan fingerprint density at radius 2 is 2.25 bits per heavy atom. The van der Waals surface area contributed by atoms with E-state index < -0.39 is 12.0 Å². The van der Waals surface area contributed by atoms with Crippen LogP contribution in [0, 0.1) is 6.92 Å². The lowest BCUT2D eigenvalue weighted by atomic mass is 10.4. The van der Waals surface area contributed by atoms with Gasteiger partial charge in [0.15, 0.2) is 5.82 Å². The fourth-order valence-electron chi connectivity index (χ4n) is 1.01. The van der Waals surface area contributed by atoms with Gasteiger partial charge in [-0.25, -0.2) is 4.79 Å². The Morgan fingerprint density at radius 3 is 2.75 bits per heavy atom. The lowest BCUT2D eigenvalue weighted by Gasteiger charge is -2.03. The summed E-state index contributed by atoms with van der Waals surface area (Å²) in [4.78, 5) is 22.0. The second-order valence-corrected chi connectivity index (χ2v) is 3.18. The maximum Gasteiger partial charge on any atom is 0.325 e. The van der Waals surface area contributed by atoms with Crippen molar-refractivity contribution in [2.24, 2.45) is 7.05 Å². The number of urea groups is 1. The van der Waals surface area contributed by atoms with Crippen molar-refractivity contribution in [2.75, 3.05) is 19.0 Å². The van der Waals surface area contributed by atoms with Crippen LogP contribution in [0.15, 0.2) is 6.07 Å². The molecule has 0 aliphatic heterocycles. The van der Waals surface area contributed by atoms with Crippen LogP contribution in [0.3, 0.4) is 0 Å². The number of carbonyl (C=O) groups excluding carboxylic acids is 2. The van der Waals surface area contributed by atoms with Crippen LogP contribution < -0.4 is 10.6 Å². The highest BCUT2D eigenvalue weighted by molar-refractivity contribution is 5.90. The van der Waals surface area contributed by atoms with Crippen molar-refractivity contribution in [1.82, 2.24) is 15.1 Å². The molecule has 0 atom stereocenters. The molecule has 0 saturated heterocycles. The molecule has 16 heavy (non-hydrogen) atoms. The molecule has 0 aliphatic carbocycles. The molecule has 0 fully saturated rings. The van der Waals surface area contributed by atoms with E-state index in [1.165, 1.54) is 7.11 Å². The normalized spacial score (nSPS) is 9.69. The number of amides is 2. The summed E-state index contributed by atoms with van der Waals surface area (Å²) >= 11 is 0. The number of ether oxygens (including phenoxy) is 1. The first-order valence-corrected chi connectivity index (χ1v) is 4.65. The molecule has 0 unspecified atom stereocenters. The van der Waals surface area contributed by atoms with Crippen molar-refractivity contribution < 1.29 is 14.3 Å². The smallest absolute Gasteiger partial charge is 0.325 e. The van der Waals surface area contributed by atoms with Crippen molar-refractivity contribution in [2.45, 2.75) is 6.92 Å². The van der Waals surface area contributed by atoms with Crippen LogP contribution in [0.5, 0.6) is 0 Å². The summed E-state index contributed by atoms with van der Waals surface area (Å²) in [5.74, 6) is -0.0743. The van der Waals surface area contributed by atoms with E-state index in [1.54, 1.807) is 17.8 Å². The van der Waals surface area contributed by atoms with Gasteiger partial charge in [0.1, 0.15) is 6.54 Å². The molecule has 1 aromatic rings. The summed E-state index contributed by atoms with van der Waals surface area (Å²) < 4.78 is 6.01. The van der Waals surface area contributed by atoms with E-state index in [4.69, 9.17) is 0 Å². The van der Waals surface area contributed by atoms with Crippen molar-refractivity contribution in [1.29, 1.82) is 0 Å². The van der Waals surface area contributed by atoms with Crippen LogP contribution in [0.2, 0.25) is 0 Å². The minimum absolute atomic E-state index is 0.172. The Hall–Kier alpha value is -2.05. The zero-order valence-electron chi connectivity index (χ0n) is 9.40. The Morgan fingerprint density at radius 1 is 1.56 bits per heavy atom. The highest BCUT2D eigenvalue weighted by Gasteiger charge is 2.07. The van der Waals surface area contributed by atoms with Gasteiger partial charge in [-0.15, -0.1) is 0 Å². The number of nitrogens with one attached hydrogen (secondary N) is 2. The molecule has 7 heteroatoms. The summed E-state index contributed by atoms with van der Waals surface area (Å²) in [6, 6.07) is 1.22. The van der Waals surface area contributed by atoms with Crippen LogP contribution in [0.1, 0.15) is 5.69 Å². The molecule has 0 radical (unpaired) electrons. The predicted octanol–water partition coefficient (Wildman–Crippen LogP) is 0.0230. The van der Waals surface area contributed by atoms with E-state index in [1.807, 2.05) is 6.92 Å². The van der Waals surface area contributed by atoms with Crippen molar-refractivity contribution in [3.63, 3.8) is 0 Å². The zero-order chi connectivity index (χ0) is 12.1. The van der Waals surface area contributed by atoms with Gasteiger partial charge in [-0.2, -0.15) is 5.10 Å². The van der Waals surface area contributed by atoms with Crippen LogP contribution in [0.4, 0.5) is 10.6 Å². The maximum atomic E-state index is 11.3. The molecule has 1 heterocycles. The first-order chi connectivity index (χ1) is 7.52. The lowest BCUT2D eigenvalue weighted by Crippen LogP contribution is -2.33. The topological polar surface area (TPSA) is 85.2 Å². The number of hydrogen-bond donors (Lipinski definition) is 2. The minimum atomic E-state index is -0.507. The maximum absolute atomic E-state index is 11.3. The summed E-state index contributed by atoms with van der Waals surface area (Å²) in [5.41, 5.74) is 0.920. The van der Waals surface area contributed by atoms with Gasteiger partial charge in [-0.1, -0.05) is 0 Å². The number of rotatable bonds is 3. The zero-order valence-corrected chi connectivity index (χ0v) is 9.40. The summed E-state index contributed by atoms with van der Waals surface area (Å²) in [6.45, 7) is 1.69. The third kappa shape index (κ3) is 3.26. The summed E-state index contributed by atoms with van der Waals surface area (Å²) in [5, 5.41) is 8.86. The van der Waals surface area contributed by atoms with E-state index in [0.29, 0.717) is 5.82 Å². The first-order valence-electron chi connectivity index (χ1n) is 4.65. The largest absolute Gasteiger partial charge is 0.468 e. The highest BCUT2D eigenvalue weighted by Crippen LogP contribution is 2.05. The molecule has 7 nitrogen and oxygen atoms in total. The lowest BCUT2D eigenvalue weighted by molar-refractivity contribution is -0.139. The minimum Gasteiger partial charge on any atom is -0.468 e. The Labute approximate surface area is 92.8 Å². The molecule has 1 rings (SSSR count).